The lowest BCUT2D eigenvalue weighted by Gasteiger charge is -2.08. The Balaban J connectivity index is 3.05. The van der Waals surface area contributed by atoms with Gasteiger partial charge in [0, 0.05) is 5.33 Å². The van der Waals surface area contributed by atoms with E-state index in [-0.39, 0.29) is 18.2 Å². The first-order valence-corrected chi connectivity index (χ1v) is 5.61. The van der Waals surface area contributed by atoms with Crippen molar-refractivity contribution in [3.05, 3.63) is 34.6 Å². The molecule has 0 unspecified atom stereocenters. The third-order valence-electron chi connectivity index (χ3n) is 2.19. The third kappa shape index (κ3) is 3.02. The Hall–Kier alpha value is -0.900. The standard InChI is InChI=1S/C11H12BrFO2/c1-7-3-9(6-12)8(4-10(7)13)5-11(14)15-2/h3-4H,5-6H2,1-2H3. The molecule has 0 bridgehead atoms. The maximum atomic E-state index is 13.3. The van der Waals surface area contributed by atoms with Gasteiger partial charge in [-0.2, -0.15) is 0 Å². The summed E-state index contributed by atoms with van der Waals surface area (Å²) in [5, 5.41) is 0.598. The second-order valence-corrected chi connectivity index (χ2v) is 3.82. The first kappa shape index (κ1) is 12.2. The van der Waals surface area contributed by atoms with Gasteiger partial charge in [0.2, 0.25) is 0 Å². The van der Waals surface area contributed by atoms with Crippen molar-refractivity contribution < 1.29 is 13.9 Å². The number of benzene rings is 1. The van der Waals surface area contributed by atoms with Crippen molar-refractivity contribution >= 4 is 21.9 Å². The summed E-state index contributed by atoms with van der Waals surface area (Å²) in [5.41, 5.74) is 2.17. The van der Waals surface area contributed by atoms with Crippen LogP contribution < -0.4 is 0 Å². The van der Waals surface area contributed by atoms with Crippen LogP contribution in [0.5, 0.6) is 0 Å². The molecule has 82 valence electrons. The van der Waals surface area contributed by atoms with Gasteiger partial charge in [-0.15, -0.1) is 0 Å². The third-order valence-corrected chi connectivity index (χ3v) is 2.79. The fourth-order valence-electron chi connectivity index (χ4n) is 1.30. The van der Waals surface area contributed by atoms with Gasteiger partial charge in [0.05, 0.1) is 13.5 Å². The average Bonchev–Trinajstić information content (AvgIpc) is 2.22. The minimum absolute atomic E-state index is 0.106. The summed E-state index contributed by atoms with van der Waals surface area (Å²) < 4.78 is 17.8. The highest BCUT2D eigenvalue weighted by atomic mass is 79.9. The van der Waals surface area contributed by atoms with Crippen molar-refractivity contribution in [1.29, 1.82) is 0 Å². The molecule has 0 aliphatic carbocycles. The molecule has 0 heterocycles. The van der Waals surface area contributed by atoms with Crippen LogP contribution in [0.2, 0.25) is 0 Å². The van der Waals surface area contributed by atoms with Crippen molar-refractivity contribution in [2.75, 3.05) is 7.11 Å². The number of carbonyl (C=O) groups is 1. The van der Waals surface area contributed by atoms with Crippen LogP contribution in [0.4, 0.5) is 4.39 Å². The van der Waals surface area contributed by atoms with Crippen LogP contribution >= 0.6 is 15.9 Å². The van der Waals surface area contributed by atoms with E-state index in [2.05, 4.69) is 20.7 Å². The highest BCUT2D eigenvalue weighted by Gasteiger charge is 2.10. The smallest absolute Gasteiger partial charge is 0.309 e. The van der Waals surface area contributed by atoms with E-state index in [1.807, 2.05) is 0 Å². The number of alkyl halides is 1. The molecule has 0 spiro atoms. The van der Waals surface area contributed by atoms with Crippen molar-refractivity contribution in [2.45, 2.75) is 18.7 Å². The highest BCUT2D eigenvalue weighted by Crippen LogP contribution is 2.19. The number of halogens is 2. The molecular formula is C11H12BrFO2. The lowest BCUT2D eigenvalue weighted by molar-refractivity contribution is -0.139. The fourth-order valence-corrected chi connectivity index (χ4v) is 1.82. The van der Waals surface area contributed by atoms with Crippen molar-refractivity contribution in [3.8, 4) is 0 Å². The summed E-state index contributed by atoms with van der Waals surface area (Å²) >= 11 is 3.30. The molecule has 1 aromatic rings. The first-order valence-electron chi connectivity index (χ1n) is 4.49. The molecule has 0 atom stereocenters. The molecule has 1 rings (SSSR count). The van der Waals surface area contributed by atoms with Crippen LogP contribution in [-0.2, 0) is 21.3 Å². The van der Waals surface area contributed by atoms with E-state index in [0.29, 0.717) is 16.5 Å². The van der Waals surface area contributed by atoms with Gasteiger partial charge in [0.15, 0.2) is 0 Å². The topological polar surface area (TPSA) is 26.3 Å². The Morgan fingerprint density at radius 1 is 1.47 bits per heavy atom. The quantitative estimate of drug-likeness (QED) is 0.626. The summed E-state index contributed by atoms with van der Waals surface area (Å²) in [7, 11) is 1.32. The fraction of sp³-hybridized carbons (Fsp3) is 0.364. The molecule has 0 fully saturated rings. The SMILES string of the molecule is COC(=O)Cc1cc(F)c(C)cc1CBr. The van der Waals surface area contributed by atoms with Gasteiger partial charge in [0.25, 0.3) is 0 Å². The van der Waals surface area contributed by atoms with Crippen LogP contribution in [-0.4, -0.2) is 13.1 Å². The molecular weight excluding hydrogens is 263 g/mol. The Kier molecular flexibility index (Phi) is 4.27. The molecule has 4 heteroatoms. The predicted octanol–water partition coefficient (Wildman–Crippen LogP) is 2.74. The molecule has 0 amide bonds. The van der Waals surface area contributed by atoms with E-state index in [0.717, 1.165) is 5.56 Å². The number of hydrogen-bond acceptors (Lipinski definition) is 2. The molecule has 0 aliphatic rings. The number of carbonyl (C=O) groups excluding carboxylic acids is 1. The van der Waals surface area contributed by atoms with Gasteiger partial charge in [-0.25, -0.2) is 4.39 Å². The number of aryl methyl sites for hydroxylation is 1. The van der Waals surface area contributed by atoms with Gasteiger partial charge in [-0.3, -0.25) is 4.79 Å². The van der Waals surface area contributed by atoms with E-state index in [4.69, 9.17) is 0 Å². The zero-order valence-corrected chi connectivity index (χ0v) is 10.2. The minimum atomic E-state index is -0.361. The normalized spacial score (nSPS) is 10.1. The average molecular weight is 275 g/mol. The van der Waals surface area contributed by atoms with E-state index < -0.39 is 0 Å². The van der Waals surface area contributed by atoms with E-state index in [1.165, 1.54) is 13.2 Å². The highest BCUT2D eigenvalue weighted by molar-refractivity contribution is 9.08. The van der Waals surface area contributed by atoms with Crippen molar-refractivity contribution in [1.82, 2.24) is 0 Å². The number of rotatable bonds is 3. The lowest BCUT2D eigenvalue weighted by Crippen LogP contribution is -2.07. The summed E-state index contributed by atoms with van der Waals surface area (Å²) in [4.78, 5) is 11.1. The van der Waals surface area contributed by atoms with Crippen LogP contribution in [0, 0.1) is 12.7 Å². The molecule has 0 N–H and O–H groups in total. The zero-order chi connectivity index (χ0) is 11.4. The van der Waals surface area contributed by atoms with Crippen LogP contribution in [0.1, 0.15) is 16.7 Å². The molecule has 0 saturated carbocycles. The monoisotopic (exact) mass is 274 g/mol. The molecule has 2 nitrogen and oxygen atoms in total. The molecule has 1 aromatic carbocycles. The maximum Gasteiger partial charge on any atom is 0.309 e. The number of esters is 1. The summed E-state index contributed by atoms with van der Waals surface area (Å²) in [6.07, 6.45) is 0.106. The largest absolute Gasteiger partial charge is 0.469 e. The number of methoxy groups -OCH3 is 1. The zero-order valence-electron chi connectivity index (χ0n) is 8.64. The van der Waals surface area contributed by atoms with Gasteiger partial charge < -0.3 is 4.74 Å². The van der Waals surface area contributed by atoms with Gasteiger partial charge >= 0.3 is 5.97 Å². The summed E-state index contributed by atoms with van der Waals surface area (Å²) in [6, 6.07) is 3.13. The Morgan fingerprint density at radius 3 is 2.67 bits per heavy atom. The molecule has 15 heavy (non-hydrogen) atoms. The van der Waals surface area contributed by atoms with Crippen molar-refractivity contribution in [3.63, 3.8) is 0 Å². The Morgan fingerprint density at radius 2 is 2.13 bits per heavy atom. The first-order chi connectivity index (χ1) is 7.08. The second kappa shape index (κ2) is 5.26. The lowest BCUT2D eigenvalue weighted by atomic mass is 10.0. The molecule has 0 aliphatic heterocycles. The minimum Gasteiger partial charge on any atom is -0.469 e. The number of ether oxygens (including phenoxy) is 1. The Bertz CT molecular complexity index is 377. The van der Waals surface area contributed by atoms with Gasteiger partial charge in [-0.05, 0) is 29.7 Å². The second-order valence-electron chi connectivity index (χ2n) is 3.26. The van der Waals surface area contributed by atoms with Crippen LogP contribution in [0.25, 0.3) is 0 Å². The number of hydrogen-bond donors (Lipinski definition) is 0. The Labute approximate surface area is 96.6 Å². The van der Waals surface area contributed by atoms with E-state index in [9.17, 15) is 9.18 Å². The maximum absolute atomic E-state index is 13.3. The summed E-state index contributed by atoms with van der Waals surface area (Å²) in [6.45, 7) is 1.70. The van der Waals surface area contributed by atoms with Gasteiger partial charge in [0.1, 0.15) is 5.82 Å². The van der Waals surface area contributed by atoms with Crippen LogP contribution in [0.3, 0.4) is 0 Å². The molecule has 0 saturated heterocycles. The summed E-state index contributed by atoms with van der Waals surface area (Å²) in [5.74, 6) is -0.654. The van der Waals surface area contributed by atoms with Crippen LogP contribution in [0.15, 0.2) is 12.1 Å². The van der Waals surface area contributed by atoms with Crippen molar-refractivity contribution in [2.24, 2.45) is 0 Å². The van der Waals surface area contributed by atoms with Gasteiger partial charge in [-0.1, -0.05) is 22.0 Å². The van der Waals surface area contributed by atoms with E-state index >= 15 is 0 Å². The molecule has 0 aromatic heterocycles. The van der Waals surface area contributed by atoms with E-state index in [1.54, 1.807) is 13.0 Å². The predicted molar refractivity (Wildman–Crippen MR) is 59.5 cm³/mol. The molecule has 0 radical (unpaired) electrons.